The monoisotopic (exact) mass is 305 g/mol. The second-order valence-electron chi connectivity index (χ2n) is 5.59. The molecule has 1 saturated heterocycles. The van der Waals surface area contributed by atoms with Crippen molar-refractivity contribution in [2.24, 2.45) is 0 Å². The Labute approximate surface area is 133 Å². The second-order valence-corrected chi connectivity index (χ2v) is 5.59. The van der Waals surface area contributed by atoms with Gasteiger partial charge in [0.1, 0.15) is 5.75 Å². The molecule has 1 aromatic carbocycles. The lowest BCUT2D eigenvalue weighted by Gasteiger charge is -2.26. The van der Waals surface area contributed by atoms with Gasteiger partial charge in [-0.1, -0.05) is 18.6 Å². The van der Waals surface area contributed by atoms with Crippen LogP contribution in [-0.4, -0.2) is 43.7 Å². The molecule has 1 fully saturated rings. The molecule has 0 unspecified atom stereocenters. The maximum Gasteiger partial charge on any atom is 0.315 e. The Bertz CT molecular complexity index is 459. The second kappa shape index (κ2) is 9.30. The van der Waals surface area contributed by atoms with Crippen molar-refractivity contribution in [3.05, 3.63) is 29.8 Å². The molecule has 1 aliphatic rings. The molecule has 2 N–H and O–H groups in total. The van der Waals surface area contributed by atoms with Crippen molar-refractivity contribution in [3.63, 3.8) is 0 Å². The summed E-state index contributed by atoms with van der Waals surface area (Å²) in [6.45, 7) is 7.07. The molecule has 1 heterocycles. The van der Waals surface area contributed by atoms with Crippen molar-refractivity contribution >= 4 is 6.03 Å². The van der Waals surface area contributed by atoms with E-state index >= 15 is 0 Å². The third kappa shape index (κ3) is 5.93. The van der Waals surface area contributed by atoms with Crippen molar-refractivity contribution in [2.45, 2.75) is 32.7 Å². The van der Waals surface area contributed by atoms with Gasteiger partial charge in [-0.15, -0.1) is 0 Å². The fourth-order valence-corrected chi connectivity index (χ4v) is 2.67. The summed E-state index contributed by atoms with van der Waals surface area (Å²) in [5.41, 5.74) is 1.04. The summed E-state index contributed by atoms with van der Waals surface area (Å²) in [7, 11) is 0. The quantitative estimate of drug-likeness (QED) is 0.813. The maximum absolute atomic E-state index is 11.8. The highest BCUT2D eigenvalue weighted by Gasteiger charge is 2.09. The Kier molecular flexibility index (Phi) is 7.03. The number of carbonyl (C=O) groups is 1. The summed E-state index contributed by atoms with van der Waals surface area (Å²) in [4.78, 5) is 14.2. The molecule has 0 bridgehead atoms. The van der Waals surface area contributed by atoms with Gasteiger partial charge in [0.15, 0.2) is 0 Å². The molecule has 2 rings (SSSR count). The van der Waals surface area contributed by atoms with Crippen LogP contribution >= 0.6 is 0 Å². The van der Waals surface area contributed by atoms with E-state index in [4.69, 9.17) is 4.74 Å². The van der Waals surface area contributed by atoms with Gasteiger partial charge < -0.3 is 20.3 Å². The summed E-state index contributed by atoms with van der Waals surface area (Å²) in [6, 6.07) is 7.69. The van der Waals surface area contributed by atoms with E-state index in [-0.39, 0.29) is 6.03 Å². The number of likely N-dealkylation sites (tertiary alicyclic amines) is 1. The lowest BCUT2D eigenvalue weighted by atomic mass is 10.1. The van der Waals surface area contributed by atoms with Crippen molar-refractivity contribution < 1.29 is 9.53 Å². The number of piperidine rings is 1. The molecule has 122 valence electrons. The third-order valence-electron chi connectivity index (χ3n) is 3.82. The van der Waals surface area contributed by atoms with Gasteiger partial charge in [0.05, 0.1) is 6.61 Å². The molecule has 5 nitrogen and oxygen atoms in total. The summed E-state index contributed by atoms with van der Waals surface area (Å²) < 4.78 is 5.45. The fraction of sp³-hybridized carbons (Fsp3) is 0.588. The van der Waals surface area contributed by atoms with Gasteiger partial charge in [-0.2, -0.15) is 0 Å². The minimum atomic E-state index is -0.112. The van der Waals surface area contributed by atoms with Crippen molar-refractivity contribution in [2.75, 3.05) is 32.8 Å². The number of hydrogen-bond donors (Lipinski definition) is 2. The van der Waals surface area contributed by atoms with Crippen LogP contribution in [0.1, 0.15) is 31.7 Å². The molecule has 1 aromatic rings. The summed E-state index contributed by atoms with van der Waals surface area (Å²) in [5, 5.41) is 5.80. The number of carbonyl (C=O) groups excluding carboxylic acids is 1. The molecule has 0 aliphatic carbocycles. The lowest BCUT2D eigenvalue weighted by molar-refractivity contribution is 0.220. The van der Waals surface area contributed by atoms with Crippen LogP contribution < -0.4 is 15.4 Å². The number of benzene rings is 1. The van der Waals surface area contributed by atoms with Crippen LogP contribution in [0.25, 0.3) is 0 Å². The van der Waals surface area contributed by atoms with Crippen LogP contribution in [0.3, 0.4) is 0 Å². The van der Waals surface area contributed by atoms with Gasteiger partial charge in [0.25, 0.3) is 0 Å². The minimum absolute atomic E-state index is 0.112. The first-order chi connectivity index (χ1) is 10.8. The third-order valence-corrected chi connectivity index (χ3v) is 3.82. The average Bonchev–Trinajstić information content (AvgIpc) is 2.55. The van der Waals surface area contributed by atoms with Crippen LogP contribution in [0.5, 0.6) is 5.75 Å². The minimum Gasteiger partial charge on any atom is -0.494 e. The van der Waals surface area contributed by atoms with Crippen LogP contribution in [0.4, 0.5) is 4.79 Å². The largest absolute Gasteiger partial charge is 0.494 e. The van der Waals surface area contributed by atoms with E-state index in [1.54, 1.807) is 0 Å². The van der Waals surface area contributed by atoms with Crippen LogP contribution in [0, 0.1) is 0 Å². The topological polar surface area (TPSA) is 53.6 Å². The molecule has 0 radical (unpaired) electrons. The highest BCUT2D eigenvalue weighted by Crippen LogP contribution is 2.12. The number of ether oxygens (including phenoxy) is 1. The molecule has 5 heteroatoms. The molecule has 2 amide bonds. The number of hydrogen-bond acceptors (Lipinski definition) is 3. The van der Waals surface area contributed by atoms with E-state index in [0.717, 1.165) is 30.9 Å². The van der Waals surface area contributed by atoms with E-state index in [9.17, 15) is 4.79 Å². The standard InChI is InChI=1S/C17H27N3O2/c1-2-22-16-8-6-7-15(13-16)14-19-17(21)18-9-12-20-10-4-3-5-11-20/h6-8,13H,2-5,9-12,14H2,1H3,(H2,18,19,21). The van der Waals surface area contributed by atoms with Gasteiger partial charge in [-0.3, -0.25) is 0 Å². The Morgan fingerprint density at radius 1 is 1.23 bits per heavy atom. The molecule has 0 atom stereocenters. The highest BCUT2D eigenvalue weighted by molar-refractivity contribution is 5.73. The SMILES string of the molecule is CCOc1cccc(CNC(=O)NCCN2CCCCC2)c1. The summed E-state index contributed by atoms with van der Waals surface area (Å²) >= 11 is 0. The van der Waals surface area contributed by atoms with Gasteiger partial charge >= 0.3 is 6.03 Å². The average molecular weight is 305 g/mol. The number of nitrogens with zero attached hydrogens (tertiary/aromatic N) is 1. The Morgan fingerprint density at radius 2 is 2.05 bits per heavy atom. The Hall–Kier alpha value is -1.75. The molecule has 0 saturated carbocycles. The lowest BCUT2D eigenvalue weighted by Crippen LogP contribution is -2.41. The Morgan fingerprint density at radius 3 is 2.82 bits per heavy atom. The normalized spacial score (nSPS) is 15.3. The molecular formula is C17H27N3O2. The number of nitrogens with one attached hydrogen (secondary N) is 2. The van der Waals surface area contributed by atoms with E-state index in [0.29, 0.717) is 19.7 Å². The first kappa shape index (κ1) is 16.6. The number of urea groups is 1. The predicted octanol–water partition coefficient (Wildman–Crippen LogP) is 2.37. The van der Waals surface area contributed by atoms with E-state index in [1.165, 1.54) is 19.3 Å². The van der Waals surface area contributed by atoms with E-state index in [2.05, 4.69) is 15.5 Å². The zero-order valence-electron chi connectivity index (χ0n) is 13.4. The van der Waals surface area contributed by atoms with Crippen LogP contribution in [0.2, 0.25) is 0 Å². The van der Waals surface area contributed by atoms with E-state index in [1.807, 2.05) is 31.2 Å². The van der Waals surface area contributed by atoms with Crippen LogP contribution in [-0.2, 0) is 6.54 Å². The van der Waals surface area contributed by atoms with Crippen molar-refractivity contribution in [3.8, 4) is 5.75 Å². The molecule has 0 aromatic heterocycles. The maximum atomic E-state index is 11.8. The van der Waals surface area contributed by atoms with Crippen molar-refractivity contribution in [1.29, 1.82) is 0 Å². The highest BCUT2D eigenvalue weighted by atomic mass is 16.5. The molecular weight excluding hydrogens is 278 g/mol. The number of amides is 2. The molecule has 0 spiro atoms. The smallest absolute Gasteiger partial charge is 0.315 e. The zero-order valence-corrected chi connectivity index (χ0v) is 13.4. The fourth-order valence-electron chi connectivity index (χ4n) is 2.67. The van der Waals surface area contributed by atoms with Gasteiger partial charge in [0, 0.05) is 19.6 Å². The first-order valence-electron chi connectivity index (χ1n) is 8.23. The summed E-state index contributed by atoms with van der Waals surface area (Å²) in [6.07, 6.45) is 3.90. The zero-order chi connectivity index (χ0) is 15.6. The van der Waals surface area contributed by atoms with E-state index < -0.39 is 0 Å². The number of rotatable bonds is 7. The predicted molar refractivity (Wildman–Crippen MR) is 88.1 cm³/mol. The Balaban J connectivity index is 1.63. The molecule has 1 aliphatic heterocycles. The van der Waals surface area contributed by atoms with Gasteiger partial charge in [-0.25, -0.2) is 4.79 Å². The first-order valence-corrected chi connectivity index (χ1v) is 8.23. The van der Waals surface area contributed by atoms with Gasteiger partial charge in [0.2, 0.25) is 0 Å². The summed E-state index contributed by atoms with van der Waals surface area (Å²) in [5.74, 6) is 0.840. The van der Waals surface area contributed by atoms with Crippen molar-refractivity contribution in [1.82, 2.24) is 15.5 Å². The van der Waals surface area contributed by atoms with Crippen LogP contribution in [0.15, 0.2) is 24.3 Å². The van der Waals surface area contributed by atoms with Gasteiger partial charge in [-0.05, 0) is 50.6 Å². The molecule has 22 heavy (non-hydrogen) atoms.